The van der Waals surface area contributed by atoms with E-state index in [1.54, 1.807) is 12.1 Å². The molecule has 140 valence electrons. The molecule has 0 aromatic heterocycles. The van der Waals surface area contributed by atoms with E-state index in [9.17, 15) is 15.2 Å². The third kappa shape index (κ3) is 6.87. The van der Waals surface area contributed by atoms with Gasteiger partial charge in [0.05, 0.1) is 0 Å². The van der Waals surface area contributed by atoms with Crippen molar-refractivity contribution in [3.05, 3.63) is 71.4 Å². The van der Waals surface area contributed by atoms with Gasteiger partial charge in [-0.2, -0.15) is 5.26 Å². The maximum Gasteiger partial charge on any atom is 0.267 e. The molecule has 2 rings (SSSR count). The van der Waals surface area contributed by atoms with E-state index in [0.29, 0.717) is 12.2 Å². The predicted molar refractivity (Wildman–Crippen MR) is 107 cm³/mol. The van der Waals surface area contributed by atoms with Crippen molar-refractivity contribution in [2.75, 3.05) is 11.9 Å². The molecule has 1 amide bonds. The Hall–Kier alpha value is -3.26. The Balaban J connectivity index is 1.84. The van der Waals surface area contributed by atoms with E-state index in [4.69, 9.17) is 0 Å². The lowest BCUT2D eigenvalue weighted by Crippen LogP contribution is -2.18. The number of carbonyl (C=O) groups excluding carboxylic acids is 1. The van der Waals surface area contributed by atoms with E-state index < -0.39 is 5.91 Å². The molecule has 2 aromatic carbocycles. The minimum atomic E-state index is -0.434. The number of unbranched alkanes of at least 4 members (excludes halogenated alkanes) is 1. The van der Waals surface area contributed by atoms with Crippen LogP contribution in [0.3, 0.4) is 0 Å². The number of rotatable bonds is 9. The van der Waals surface area contributed by atoms with Gasteiger partial charge in [-0.1, -0.05) is 37.6 Å². The van der Waals surface area contributed by atoms with Gasteiger partial charge in [-0.05, 0) is 54.7 Å². The summed E-state index contributed by atoms with van der Waals surface area (Å²) in [7, 11) is 0. The van der Waals surface area contributed by atoms with E-state index in [1.807, 2.05) is 42.5 Å². The fourth-order valence-corrected chi connectivity index (χ4v) is 2.54. The first kappa shape index (κ1) is 20.1. The highest BCUT2D eigenvalue weighted by Gasteiger charge is 2.09. The summed E-state index contributed by atoms with van der Waals surface area (Å²) < 4.78 is 0. The van der Waals surface area contributed by atoms with Crippen LogP contribution >= 0.6 is 0 Å². The third-order valence-electron chi connectivity index (χ3n) is 4.14. The summed E-state index contributed by atoms with van der Waals surface area (Å²) >= 11 is 0. The lowest BCUT2D eigenvalue weighted by molar-refractivity contribution is -0.112. The van der Waals surface area contributed by atoms with Crippen molar-refractivity contribution < 1.29 is 9.90 Å². The molecule has 0 aliphatic heterocycles. The van der Waals surface area contributed by atoms with Crippen molar-refractivity contribution in [2.45, 2.75) is 32.6 Å². The number of benzene rings is 2. The molecule has 5 nitrogen and oxygen atoms in total. The molecule has 3 N–H and O–H groups in total. The third-order valence-corrected chi connectivity index (χ3v) is 4.14. The van der Waals surface area contributed by atoms with Crippen LogP contribution in [0.25, 0.3) is 0 Å². The fraction of sp³-hybridized carbons (Fsp3) is 0.273. The van der Waals surface area contributed by atoms with Crippen molar-refractivity contribution >= 4 is 11.6 Å². The van der Waals surface area contributed by atoms with Gasteiger partial charge < -0.3 is 15.7 Å². The van der Waals surface area contributed by atoms with Crippen LogP contribution in [0.5, 0.6) is 5.75 Å². The number of nitrogens with zero attached hydrogens (tertiary/aromatic N) is 1. The van der Waals surface area contributed by atoms with Crippen LogP contribution in [-0.4, -0.2) is 17.6 Å². The highest BCUT2D eigenvalue weighted by molar-refractivity contribution is 6.06. The maximum atomic E-state index is 12.2. The van der Waals surface area contributed by atoms with Crippen molar-refractivity contribution in [2.24, 2.45) is 0 Å². The second-order valence-electron chi connectivity index (χ2n) is 6.29. The van der Waals surface area contributed by atoms with E-state index in [-0.39, 0.29) is 11.3 Å². The number of carbonyl (C=O) groups is 1. The zero-order valence-electron chi connectivity index (χ0n) is 15.5. The molecule has 0 unspecified atom stereocenters. The van der Waals surface area contributed by atoms with Crippen molar-refractivity contribution in [1.82, 2.24) is 5.32 Å². The standard InChI is InChI=1S/C22H25N3O2/c1-2-3-4-17-5-9-20(10-6-17)25-22(27)19(15-23)16-24-14-13-18-7-11-21(26)12-8-18/h5-12,16,24,26H,2-4,13-14H2,1H3,(H,25,27)/b19-16-. The van der Waals surface area contributed by atoms with Gasteiger partial charge in [0.1, 0.15) is 17.4 Å². The lowest BCUT2D eigenvalue weighted by Gasteiger charge is -2.07. The molecule has 0 saturated heterocycles. The highest BCUT2D eigenvalue weighted by Crippen LogP contribution is 2.13. The summed E-state index contributed by atoms with van der Waals surface area (Å²) in [5.74, 6) is -0.204. The molecule has 2 aromatic rings. The normalized spacial score (nSPS) is 10.9. The second kappa shape index (κ2) is 10.7. The fourth-order valence-electron chi connectivity index (χ4n) is 2.54. The van der Waals surface area contributed by atoms with Crippen LogP contribution < -0.4 is 10.6 Å². The predicted octanol–water partition coefficient (Wildman–Crippen LogP) is 3.91. The Morgan fingerprint density at radius 2 is 1.70 bits per heavy atom. The van der Waals surface area contributed by atoms with Gasteiger partial charge in [-0.3, -0.25) is 4.79 Å². The molecule has 0 spiro atoms. The molecular formula is C22H25N3O2. The van der Waals surface area contributed by atoms with E-state index in [2.05, 4.69) is 17.6 Å². The van der Waals surface area contributed by atoms with Gasteiger partial charge >= 0.3 is 0 Å². The van der Waals surface area contributed by atoms with Crippen LogP contribution in [-0.2, 0) is 17.6 Å². The second-order valence-corrected chi connectivity index (χ2v) is 6.29. The highest BCUT2D eigenvalue weighted by atomic mass is 16.3. The van der Waals surface area contributed by atoms with Crippen molar-refractivity contribution in [3.63, 3.8) is 0 Å². The number of hydrogen-bond acceptors (Lipinski definition) is 4. The van der Waals surface area contributed by atoms with Gasteiger partial charge in [0.25, 0.3) is 5.91 Å². The quantitative estimate of drug-likeness (QED) is 0.358. The Morgan fingerprint density at radius 1 is 1.07 bits per heavy atom. The summed E-state index contributed by atoms with van der Waals surface area (Å²) in [4.78, 5) is 12.2. The number of nitriles is 1. The van der Waals surface area contributed by atoms with Crippen LogP contribution in [0.4, 0.5) is 5.69 Å². The lowest BCUT2D eigenvalue weighted by atomic mass is 10.1. The average molecular weight is 363 g/mol. The number of nitrogens with one attached hydrogen (secondary N) is 2. The minimum absolute atomic E-state index is 0.0239. The Kier molecular flexibility index (Phi) is 7.92. The van der Waals surface area contributed by atoms with E-state index in [0.717, 1.165) is 31.2 Å². The molecule has 0 aliphatic rings. The van der Waals surface area contributed by atoms with E-state index >= 15 is 0 Å². The molecular weight excluding hydrogens is 338 g/mol. The largest absolute Gasteiger partial charge is 0.508 e. The number of amides is 1. The molecule has 0 atom stereocenters. The zero-order valence-corrected chi connectivity index (χ0v) is 15.5. The van der Waals surface area contributed by atoms with Gasteiger partial charge in [-0.15, -0.1) is 0 Å². The molecule has 0 fully saturated rings. The maximum absolute atomic E-state index is 12.2. The van der Waals surface area contributed by atoms with Gasteiger partial charge in [-0.25, -0.2) is 0 Å². The number of aryl methyl sites for hydroxylation is 1. The summed E-state index contributed by atoms with van der Waals surface area (Å²) in [5.41, 5.74) is 2.99. The molecule has 5 heteroatoms. The summed E-state index contributed by atoms with van der Waals surface area (Å²) in [6.45, 7) is 2.73. The number of hydrogen-bond donors (Lipinski definition) is 3. The molecule has 0 heterocycles. The monoisotopic (exact) mass is 363 g/mol. The van der Waals surface area contributed by atoms with Gasteiger partial charge in [0.15, 0.2) is 0 Å². The number of phenols is 1. The number of aromatic hydroxyl groups is 1. The molecule has 0 saturated carbocycles. The molecule has 0 radical (unpaired) electrons. The number of phenolic OH excluding ortho intramolecular Hbond substituents is 1. The molecule has 0 aliphatic carbocycles. The summed E-state index contributed by atoms with van der Waals surface area (Å²) in [6.07, 6.45) is 5.47. The number of anilines is 1. The molecule has 27 heavy (non-hydrogen) atoms. The minimum Gasteiger partial charge on any atom is -0.508 e. The van der Waals surface area contributed by atoms with Crippen LogP contribution in [0, 0.1) is 11.3 Å². The Labute approximate surface area is 160 Å². The van der Waals surface area contributed by atoms with Gasteiger partial charge in [0, 0.05) is 18.4 Å². The summed E-state index contributed by atoms with van der Waals surface area (Å²) in [6, 6.07) is 16.6. The Bertz CT molecular complexity index is 803. The van der Waals surface area contributed by atoms with Crippen LogP contribution in [0.1, 0.15) is 30.9 Å². The summed E-state index contributed by atoms with van der Waals surface area (Å²) in [5, 5.41) is 24.2. The topological polar surface area (TPSA) is 85.2 Å². The zero-order chi connectivity index (χ0) is 19.5. The Morgan fingerprint density at radius 3 is 2.33 bits per heavy atom. The SMILES string of the molecule is CCCCc1ccc(NC(=O)/C(C#N)=C\NCCc2ccc(O)cc2)cc1. The van der Waals surface area contributed by atoms with Gasteiger partial charge in [0.2, 0.25) is 0 Å². The van der Waals surface area contributed by atoms with Crippen LogP contribution in [0.2, 0.25) is 0 Å². The first-order chi connectivity index (χ1) is 13.1. The van der Waals surface area contributed by atoms with Crippen molar-refractivity contribution in [3.8, 4) is 11.8 Å². The smallest absolute Gasteiger partial charge is 0.267 e. The first-order valence-electron chi connectivity index (χ1n) is 9.14. The molecule has 0 bridgehead atoms. The average Bonchev–Trinajstić information content (AvgIpc) is 2.69. The first-order valence-corrected chi connectivity index (χ1v) is 9.14. The van der Waals surface area contributed by atoms with Crippen molar-refractivity contribution in [1.29, 1.82) is 5.26 Å². The van der Waals surface area contributed by atoms with Crippen LogP contribution in [0.15, 0.2) is 60.3 Å². The van der Waals surface area contributed by atoms with E-state index in [1.165, 1.54) is 11.8 Å².